The summed E-state index contributed by atoms with van der Waals surface area (Å²) in [6.45, 7) is 4.73. The molecule has 0 aliphatic rings. The van der Waals surface area contributed by atoms with Crippen LogP contribution in [0, 0.1) is 0 Å². The van der Waals surface area contributed by atoms with E-state index in [1.54, 1.807) is 0 Å². The van der Waals surface area contributed by atoms with Crippen LogP contribution in [0.5, 0.6) is 6.01 Å². The molecule has 0 radical (unpaired) electrons. The zero-order chi connectivity index (χ0) is 12.7. The topological polar surface area (TPSA) is 101 Å². The van der Waals surface area contributed by atoms with Crippen molar-refractivity contribution in [2.24, 2.45) is 5.84 Å². The Morgan fingerprint density at radius 3 is 2.59 bits per heavy atom. The van der Waals surface area contributed by atoms with Crippen molar-refractivity contribution in [2.75, 3.05) is 44.5 Å². The molecule has 0 saturated heterocycles. The van der Waals surface area contributed by atoms with Gasteiger partial charge in [0, 0.05) is 13.1 Å². The quantitative estimate of drug-likeness (QED) is 0.435. The van der Waals surface area contributed by atoms with Crippen molar-refractivity contribution < 1.29 is 4.74 Å². The van der Waals surface area contributed by atoms with Gasteiger partial charge in [-0.25, -0.2) is 5.84 Å². The van der Waals surface area contributed by atoms with Crippen LogP contribution in [-0.2, 0) is 0 Å². The molecule has 96 valence electrons. The molecule has 0 bridgehead atoms. The Morgan fingerprint density at radius 1 is 1.29 bits per heavy atom. The molecule has 0 amide bonds. The molecule has 0 aliphatic heterocycles. The minimum Gasteiger partial charge on any atom is -0.467 e. The molecule has 1 aromatic heterocycles. The molecule has 1 rings (SSSR count). The summed E-state index contributed by atoms with van der Waals surface area (Å²) in [4.78, 5) is 14.2. The van der Waals surface area contributed by atoms with E-state index in [4.69, 9.17) is 10.6 Å². The molecule has 0 aliphatic carbocycles. The summed E-state index contributed by atoms with van der Waals surface area (Å²) in [7, 11) is 3.53. The highest BCUT2D eigenvalue weighted by Gasteiger charge is 2.05. The number of hydrazine groups is 1. The molecule has 0 atom stereocenters. The van der Waals surface area contributed by atoms with Gasteiger partial charge in [0.05, 0.1) is 7.11 Å². The smallest absolute Gasteiger partial charge is 0.322 e. The van der Waals surface area contributed by atoms with Crippen molar-refractivity contribution in [2.45, 2.75) is 6.92 Å². The van der Waals surface area contributed by atoms with Crippen LogP contribution in [0.1, 0.15) is 6.92 Å². The number of rotatable bonds is 7. The van der Waals surface area contributed by atoms with Gasteiger partial charge in [0.1, 0.15) is 0 Å². The van der Waals surface area contributed by atoms with Crippen LogP contribution in [0.2, 0.25) is 0 Å². The fraction of sp³-hybridized carbons (Fsp3) is 0.667. The molecule has 17 heavy (non-hydrogen) atoms. The Labute approximate surface area is 101 Å². The van der Waals surface area contributed by atoms with E-state index in [2.05, 4.69) is 37.5 Å². The van der Waals surface area contributed by atoms with E-state index < -0.39 is 0 Å². The van der Waals surface area contributed by atoms with Gasteiger partial charge in [-0.05, 0) is 13.6 Å². The van der Waals surface area contributed by atoms with Gasteiger partial charge >= 0.3 is 6.01 Å². The molecule has 0 aromatic carbocycles. The molecule has 0 saturated carbocycles. The van der Waals surface area contributed by atoms with Gasteiger partial charge in [-0.3, -0.25) is 5.43 Å². The van der Waals surface area contributed by atoms with Crippen molar-refractivity contribution in [3.05, 3.63) is 0 Å². The lowest BCUT2D eigenvalue weighted by Gasteiger charge is -2.14. The van der Waals surface area contributed by atoms with E-state index in [0.717, 1.165) is 19.6 Å². The molecule has 8 heteroatoms. The summed E-state index contributed by atoms with van der Waals surface area (Å²) in [6, 6.07) is 0.222. The third kappa shape index (κ3) is 4.37. The average molecular weight is 241 g/mol. The van der Waals surface area contributed by atoms with Crippen LogP contribution < -0.4 is 21.3 Å². The number of aromatic nitrogens is 3. The molecular weight excluding hydrogens is 222 g/mol. The lowest BCUT2D eigenvalue weighted by molar-refractivity contribution is 0.365. The summed E-state index contributed by atoms with van der Waals surface area (Å²) in [5.74, 6) is 5.95. The standard InChI is InChI=1S/C9H19N7O/c1-4-16(2)6-5-11-7-12-8(15-10)14-9(13-7)17-3/h4-6,10H2,1-3H3,(H2,11,12,13,14,15). The first-order valence-electron chi connectivity index (χ1n) is 5.38. The highest BCUT2D eigenvalue weighted by Crippen LogP contribution is 2.09. The van der Waals surface area contributed by atoms with Crippen molar-refractivity contribution in [3.8, 4) is 6.01 Å². The second-order valence-electron chi connectivity index (χ2n) is 3.44. The van der Waals surface area contributed by atoms with Crippen LogP contribution in [0.15, 0.2) is 0 Å². The number of anilines is 2. The Balaban J connectivity index is 2.57. The number of methoxy groups -OCH3 is 1. The van der Waals surface area contributed by atoms with Gasteiger partial charge < -0.3 is 15.0 Å². The second kappa shape index (κ2) is 6.81. The Bertz CT molecular complexity index is 324. The van der Waals surface area contributed by atoms with Gasteiger partial charge in [-0.1, -0.05) is 6.92 Å². The third-order valence-corrected chi connectivity index (χ3v) is 2.24. The molecule has 0 fully saturated rings. The van der Waals surface area contributed by atoms with Crippen molar-refractivity contribution in [3.63, 3.8) is 0 Å². The number of ether oxygens (including phenoxy) is 1. The van der Waals surface area contributed by atoms with Crippen molar-refractivity contribution in [1.82, 2.24) is 19.9 Å². The minimum absolute atomic E-state index is 0.222. The largest absolute Gasteiger partial charge is 0.467 e. The molecule has 0 unspecified atom stereocenters. The predicted molar refractivity (Wildman–Crippen MR) is 65.8 cm³/mol. The molecule has 1 heterocycles. The monoisotopic (exact) mass is 241 g/mol. The summed E-state index contributed by atoms with van der Waals surface area (Å²) >= 11 is 0. The van der Waals surface area contributed by atoms with Crippen LogP contribution in [0.4, 0.5) is 11.9 Å². The summed E-state index contributed by atoms with van der Waals surface area (Å²) in [6.07, 6.45) is 0. The van der Waals surface area contributed by atoms with Crippen LogP contribution in [-0.4, -0.2) is 53.6 Å². The molecular formula is C9H19N7O. The average Bonchev–Trinajstić information content (AvgIpc) is 2.37. The Morgan fingerprint density at radius 2 is 2.00 bits per heavy atom. The number of hydrogen-bond donors (Lipinski definition) is 3. The third-order valence-electron chi connectivity index (χ3n) is 2.24. The SMILES string of the molecule is CCN(C)CCNc1nc(NN)nc(OC)n1. The maximum atomic E-state index is 5.25. The molecule has 8 nitrogen and oxygen atoms in total. The van der Waals surface area contributed by atoms with E-state index >= 15 is 0 Å². The summed E-state index contributed by atoms with van der Waals surface area (Å²) in [5, 5.41) is 3.08. The Hall–Kier alpha value is -1.67. The van der Waals surface area contributed by atoms with E-state index in [1.165, 1.54) is 7.11 Å². The normalized spacial score (nSPS) is 10.4. The number of nitrogen functional groups attached to an aromatic ring is 1. The van der Waals surface area contributed by atoms with Gasteiger partial charge in [0.2, 0.25) is 11.9 Å². The second-order valence-corrected chi connectivity index (χ2v) is 3.44. The van der Waals surface area contributed by atoms with Crippen LogP contribution in [0.25, 0.3) is 0 Å². The first kappa shape index (κ1) is 13.4. The number of nitrogens with two attached hydrogens (primary N) is 1. The molecule has 1 aromatic rings. The van der Waals surface area contributed by atoms with E-state index in [9.17, 15) is 0 Å². The van der Waals surface area contributed by atoms with Gasteiger partial charge in [0.25, 0.3) is 0 Å². The fourth-order valence-electron chi connectivity index (χ4n) is 1.11. The zero-order valence-corrected chi connectivity index (χ0v) is 10.4. The maximum Gasteiger partial charge on any atom is 0.322 e. The zero-order valence-electron chi connectivity index (χ0n) is 10.4. The number of nitrogens with one attached hydrogen (secondary N) is 2. The predicted octanol–water partition coefficient (Wildman–Crippen LogP) is -0.471. The first-order chi connectivity index (χ1) is 8.19. The van der Waals surface area contributed by atoms with E-state index in [1.807, 2.05) is 7.05 Å². The summed E-state index contributed by atoms with van der Waals surface area (Å²) in [5.41, 5.74) is 2.36. The maximum absolute atomic E-state index is 5.25. The molecule has 0 spiro atoms. The first-order valence-corrected chi connectivity index (χ1v) is 5.38. The van der Waals surface area contributed by atoms with E-state index in [0.29, 0.717) is 5.95 Å². The van der Waals surface area contributed by atoms with Gasteiger partial charge in [-0.2, -0.15) is 15.0 Å². The minimum atomic E-state index is 0.222. The summed E-state index contributed by atoms with van der Waals surface area (Å²) < 4.78 is 4.94. The van der Waals surface area contributed by atoms with Gasteiger partial charge in [0.15, 0.2) is 0 Å². The highest BCUT2D eigenvalue weighted by molar-refractivity contribution is 5.34. The van der Waals surface area contributed by atoms with Gasteiger partial charge in [-0.15, -0.1) is 0 Å². The van der Waals surface area contributed by atoms with E-state index in [-0.39, 0.29) is 12.0 Å². The molecule has 4 N–H and O–H groups in total. The van der Waals surface area contributed by atoms with Crippen LogP contribution >= 0.6 is 0 Å². The van der Waals surface area contributed by atoms with Crippen molar-refractivity contribution in [1.29, 1.82) is 0 Å². The fourth-order valence-corrected chi connectivity index (χ4v) is 1.11. The van der Waals surface area contributed by atoms with Crippen LogP contribution in [0.3, 0.4) is 0 Å². The Kier molecular flexibility index (Phi) is 5.37. The lowest BCUT2D eigenvalue weighted by Crippen LogP contribution is -2.25. The number of nitrogens with zero attached hydrogens (tertiary/aromatic N) is 4. The lowest BCUT2D eigenvalue weighted by atomic mass is 10.5. The number of hydrogen-bond acceptors (Lipinski definition) is 8. The van der Waals surface area contributed by atoms with Crippen molar-refractivity contribution >= 4 is 11.9 Å². The number of likely N-dealkylation sites (N-methyl/N-ethyl adjacent to an activating group) is 1. The highest BCUT2D eigenvalue weighted by atomic mass is 16.5.